The quantitative estimate of drug-likeness (QED) is 0.147. The molecule has 0 aliphatic carbocycles. The molecule has 3 aliphatic heterocycles. The molecule has 3 saturated heterocycles. The van der Waals surface area contributed by atoms with Crippen LogP contribution in [0.25, 0.3) is 22.5 Å². The van der Waals surface area contributed by atoms with Crippen LogP contribution < -0.4 is 10.6 Å². The second kappa shape index (κ2) is 15.4. The zero-order valence-corrected chi connectivity index (χ0v) is 35.4. The van der Waals surface area contributed by atoms with Crippen LogP contribution in [0.15, 0.2) is 45.4 Å². The predicted molar refractivity (Wildman–Crippen MR) is 213 cm³/mol. The Morgan fingerprint density at radius 3 is 1.80 bits per heavy atom. The molecule has 0 saturated carbocycles. The first-order valence-corrected chi connectivity index (χ1v) is 20.5. The van der Waals surface area contributed by atoms with E-state index in [0.29, 0.717) is 0 Å². The molecule has 60 heavy (non-hydrogen) atoms. The summed E-state index contributed by atoms with van der Waals surface area (Å²) < 4.78 is 37.7. The van der Waals surface area contributed by atoms with Crippen molar-refractivity contribution in [2.75, 3.05) is 0 Å². The number of halogens is 4. The van der Waals surface area contributed by atoms with Gasteiger partial charge in [0, 0.05) is 9.49 Å². The number of nitrogens with zero attached hydrogens (tertiary/aromatic N) is 4. The lowest BCUT2D eigenvalue weighted by atomic mass is 9.92. The summed E-state index contributed by atoms with van der Waals surface area (Å²) in [5.74, 6) is -8.48. The topological polar surface area (TPSA) is 225 Å². The highest BCUT2D eigenvalue weighted by molar-refractivity contribution is 8.02. The van der Waals surface area contributed by atoms with Crippen molar-refractivity contribution in [3.8, 4) is 22.5 Å². The molecule has 4 amide bonds. The Labute approximate surface area is 357 Å². The van der Waals surface area contributed by atoms with E-state index in [4.69, 9.17) is 32.2 Å². The minimum atomic E-state index is -1.98. The average Bonchev–Trinajstić information content (AvgIpc) is 3.87. The number of rotatable bonds is 10. The summed E-state index contributed by atoms with van der Waals surface area (Å²) in [6.45, 7) is 9.00. The van der Waals surface area contributed by atoms with Gasteiger partial charge < -0.3 is 39.7 Å². The molecule has 0 radical (unpaired) electrons. The Kier molecular flexibility index (Phi) is 11.0. The number of aromatic nitrogens is 2. The summed E-state index contributed by atoms with van der Waals surface area (Å²) in [5, 5.41) is 31.2. The molecule has 2 aromatic carbocycles. The van der Waals surface area contributed by atoms with E-state index in [0.717, 1.165) is 40.6 Å². The van der Waals surface area contributed by atoms with Gasteiger partial charge in [0.25, 0.3) is 11.8 Å². The number of aryl methyl sites for hydroxylation is 2. The van der Waals surface area contributed by atoms with Gasteiger partial charge in [-0.1, -0.05) is 45.6 Å². The second-order valence-electron chi connectivity index (χ2n) is 15.2. The molecule has 7 rings (SSSR count). The number of carboxylic acid groups (broad SMARTS) is 2. The highest BCUT2D eigenvalue weighted by atomic mass is 35.5. The van der Waals surface area contributed by atoms with E-state index >= 15 is 0 Å². The van der Waals surface area contributed by atoms with Crippen LogP contribution in [0.3, 0.4) is 0 Å². The highest BCUT2D eigenvalue weighted by Crippen LogP contribution is 2.54. The number of thioether (sulfide) groups is 2. The molecular formula is C38H34Cl2F2N6O10S2. The van der Waals surface area contributed by atoms with E-state index < -0.39 is 91.6 Å². The first kappa shape index (κ1) is 42.9. The first-order valence-electron chi connectivity index (χ1n) is 18.0. The van der Waals surface area contributed by atoms with Crippen LogP contribution in [-0.2, 0) is 19.2 Å². The number of nitrogens with one attached hydrogen (secondary N) is 2. The van der Waals surface area contributed by atoms with Gasteiger partial charge >= 0.3 is 11.9 Å². The molecule has 3 fully saturated rings. The maximum absolute atomic E-state index is 15.0. The summed E-state index contributed by atoms with van der Waals surface area (Å²) >= 11 is 14.4. The Morgan fingerprint density at radius 1 is 0.817 bits per heavy atom. The number of β-lactam (4-membered cyclic amide) rings is 1. The summed E-state index contributed by atoms with van der Waals surface area (Å²) in [6, 6.07) is 1.38. The van der Waals surface area contributed by atoms with Gasteiger partial charge in [-0.05, 0) is 65.8 Å². The fraction of sp³-hybridized carbons (Fsp3) is 0.368. The van der Waals surface area contributed by atoms with Crippen molar-refractivity contribution >= 4 is 82.3 Å². The second-order valence-corrected chi connectivity index (χ2v) is 19.6. The molecule has 5 heterocycles. The van der Waals surface area contributed by atoms with Gasteiger partial charge in [-0.3, -0.25) is 19.2 Å². The number of carboxylic acids is 2. The van der Waals surface area contributed by atoms with Gasteiger partial charge in [0.15, 0.2) is 6.04 Å². The number of hydrogen-bond donors (Lipinski definition) is 4. The number of hydrogen-bond acceptors (Lipinski definition) is 12. The Bertz CT molecular complexity index is 2480. The van der Waals surface area contributed by atoms with Crippen LogP contribution in [0, 0.1) is 25.5 Å². The maximum atomic E-state index is 15.0. The van der Waals surface area contributed by atoms with Gasteiger partial charge in [0.2, 0.25) is 11.8 Å². The molecule has 316 valence electrons. The number of carbonyl (C=O) groups is 6. The molecule has 0 bridgehead atoms. The van der Waals surface area contributed by atoms with Crippen LogP contribution in [0.5, 0.6) is 0 Å². The molecule has 6 atom stereocenters. The van der Waals surface area contributed by atoms with Crippen LogP contribution >= 0.6 is 46.7 Å². The molecule has 1 unspecified atom stereocenters. The number of aliphatic carboxylic acids is 2. The van der Waals surface area contributed by atoms with Crippen LogP contribution in [-0.4, -0.2) is 110 Å². The summed E-state index contributed by atoms with van der Waals surface area (Å²) in [7, 11) is 0. The number of amides is 4. The van der Waals surface area contributed by atoms with Crippen LogP contribution in [0.2, 0.25) is 10.0 Å². The third kappa shape index (κ3) is 6.95. The lowest BCUT2D eigenvalue weighted by molar-refractivity contribution is -0.162. The predicted octanol–water partition coefficient (Wildman–Crippen LogP) is 5.38. The molecule has 0 spiro atoms. The SMILES string of the molecule is Cc1onc(-c2c(F)cccc2Cl)c1C(=O)NC(C(=O)O)[C@H]1SC(C)(C)[C@H](C(=O)O)N1C(=O)[C@@H]1N2C(=O)[C@@H](NC(=O)c3c(-c4c(F)cccc4Cl)noc3C)[C@H]2SC1(C)C. The average molecular weight is 908 g/mol. The fourth-order valence-corrected chi connectivity index (χ4v) is 11.6. The van der Waals surface area contributed by atoms with Gasteiger partial charge in [-0.2, -0.15) is 0 Å². The lowest BCUT2D eigenvalue weighted by Crippen LogP contribution is -2.72. The normalized spacial score (nSPS) is 23.2. The van der Waals surface area contributed by atoms with Gasteiger partial charge in [0.05, 0.1) is 21.2 Å². The van der Waals surface area contributed by atoms with Crippen molar-refractivity contribution in [3.05, 3.63) is 80.7 Å². The molecule has 22 heteroatoms. The third-order valence-electron chi connectivity index (χ3n) is 10.5. The van der Waals surface area contributed by atoms with E-state index in [2.05, 4.69) is 20.9 Å². The zero-order chi connectivity index (χ0) is 43.9. The minimum Gasteiger partial charge on any atom is -0.480 e. The van der Waals surface area contributed by atoms with Crippen molar-refractivity contribution < 1.29 is 56.8 Å². The van der Waals surface area contributed by atoms with Crippen molar-refractivity contribution in [3.63, 3.8) is 0 Å². The van der Waals surface area contributed by atoms with E-state index in [1.165, 1.54) is 56.9 Å². The molecular weight excluding hydrogens is 873 g/mol. The molecule has 16 nitrogen and oxygen atoms in total. The molecule has 2 aromatic heterocycles. The van der Waals surface area contributed by atoms with Crippen molar-refractivity contribution in [2.24, 2.45) is 0 Å². The van der Waals surface area contributed by atoms with Crippen molar-refractivity contribution in [2.45, 2.75) is 86.0 Å². The smallest absolute Gasteiger partial charge is 0.329 e. The Morgan fingerprint density at radius 2 is 1.32 bits per heavy atom. The standard InChI is InChI=1S/C38H34Cl2F2N6O10S2/c1-13-19(23(45-57-13)21-15(39)9-7-11-17(21)41)29(49)43-25-31(51)47-27(37(3,4)59-33(25)47)32(52)48-28(36(55)56)38(5,6)60-34(48)26(35(53)54)44-30(50)20-14(2)58-46-24(20)22-16(40)10-8-12-18(22)42/h7-12,25-28,33-34H,1-6H3,(H,43,49)(H,44,50)(H,53,54)(H,55,56)/t25-,26?,27+,28+,33-,34-/m1/s1. The fourth-order valence-electron chi connectivity index (χ4n) is 7.85. The molecule has 3 aliphatic rings. The van der Waals surface area contributed by atoms with Crippen molar-refractivity contribution in [1.29, 1.82) is 0 Å². The monoisotopic (exact) mass is 906 g/mol. The summed E-state index contributed by atoms with van der Waals surface area (Å²) in [5.41, 5.74) is -1.55. The highest BCUT2D eigenvalue weighted by Gasteiger charge is 2.67. The third-order valence-corrected chi connectivity index (χ3v) is 14.3. The van der Waals surface area contributed by atoms with E-state index in [-0.39, 0.29) is 55.2 Å². The number of carbonyl (C=O) groups excluding carboxylic acids is 4. The maximum Gasteiger partial charge on any atom is 0.329 e. The van der Waals surface area contributed by atoms with Crippen molar-refractivity contribution in [1.82, 2.24) is 30.7 Å². The van der Waals surface area contributed by atoms with Gasteiger partial charge in [0.1, 0.15) is 74.5 Å². The van der Waals surface area contributed by atoms with E-state index in [9.17, 15) is 47.8 Å². The Balaban J connectivity index is 1.18. The summed E-state index contributed by atoms with van der Waals surface area (Å²) in [4.78, 5) is 84.7. The zero-order valence-electron chi connectivity index (χ0n) is 32.2. The summed E-state index contributed by atoms with van der Waals surface area (Å²) in [6.07, 6.45) is 0. The van der Waals surface area contributed by atoms with Crippen LogP contribution in [0.1, 0.15) is 59.9 Å². The molecule has 4 aromatic rings. The molecule has 4 N–H and O–H groups in total. The van der Waals surface area contributed by atoms with Gasteiger partial charge in [-0.15, -0.1) is 23.5 Å². The number of fused-ring (bicyclic) bond motifs is 1. The van der Waals surface area contributed by atoms with Crippen LogP contribution in [0.4, 0.5) is 8.78 Å². The van der Waals surface area contributed by atoms with E-state index in [1.54, 1.807) is 13.8 Å². The minimum absolute atomic E-state index is 0.00401. The van der Waals surface area contributed by atoms with Gasteiger partial charge in [-0.25, -0.2) is 18.4 Å². The lowest BCUT2D eigenvalue weighted by Gasteiger charge is -2.46. The van der Waals surface area contributed by atoms with E-state index in [1.807, 2.05) is 0 Å². The number of benzene rings is 2. The first-order chi connectivity index (χ1) is 28.1. The largest absolute Gasteiger partial charge is 0.480 e. The Hall–Kier alpha value is -5.18.